The summed E-state index contributed by atoms with van der Waals surface area (Å²) in [5, 5.41) is 3.25. The van der Waals surface area contributed by atoms with E-state index >= 15 is 0 Å². The third kappa shape index (κ3) is 4.32. The summed E-state index contributed by atoms with van der Waals surface area (Å²) < 4.78 is 0. The highest BCUT2D eigenvalue weighted by Crippen LogP contribution is 2.29. The Balaban J connectivity index is 2.02. The van der Waals surface area contributed by atoms with E-state index in [0.29, 0.717) is 5.41 Å². The number of nitrogens with zero attached hydrogens (tertiary/aromatic N) is 1. The zero-order valence-electron chi connectivity index (χ0n) is 12.7. The topological polar surface area (TPSA) is 15.3 Å². The Bertz CT molecular complexity index is 398. The fourth-order valence-electron chi connectivity index (χ4n) is 3.14. The molecule has 1 aliphatic heterocycles. The van der Waals surface area contributed by atoms with Crippen LogP contribution in [-0.2, 0) is 13.0 Å². The van der Waals surface area contributed by atoms with Crippen LogP contribution in [0.1, 0.15) is 37.8 Å². The molecule has 1 aliphatic rings. The Morgan fingerprint density at radius 3 is 2.63 bits per heavy atom. The molecule has 2 rings (SSSR count). The molecule has 0 amide bonds. The summed E-state index contributed by atoms with van der Waals surface area (Å²) in [7, 11) is 2.02. The van der Waals surface area contributed by atoms with Crippen LogP contribution in [0.25, 0.3) is 0 Å². The van der Waals surface area contributed by atoms with Crippen LogP contribution in [0.15, 0.2) is 24.3 Å². The third-order valence-corrected chi connectivity index (χ3v) is 4.14. The molecule has 0 radical (unpaired) electrons. The monoisotopic (exact) mass is 260 g/mol. The third-order valence-electron chi connectivity index (χ3n) is 4.14. The Morgan fingerprint density at radius 2 is 1.95 bits per heavy atom. The van der Waals surface area contributed by atoms with Crippen molar-refractivity contribution in [2.75, 3.05) is 26.7 Å². The first-order valence-corrected chi connectivity index (χ1v) is 7.54. The first-order chi connectivity index (χ1) is 9.11. The van der Waals surface area contributed by atoms with Crippen molar-refractivity contribution < 1.29 is 0 Å². The maximum absolute atomic E-state index is 3.25. The molecular formula is C17H28N2. The van der Waals surface area contributed by atoms with Crippen molar-refractivity contribution >= 4 is 0 Å². The van der Waals surface area contributed by atoms with Gasteiger partial charge < -0.3 is 5.32 Å². The lowest BCUT2D eigenvalue weighted by Crippen LogP contribution is -2.39. The summed E-state index contributed by atoms with van der Waals surface area (Å²) in [4.78, 5) is 2.63. The van der Waals surface area contributed by atoms with Crippen molar-refractivity contribution in [1.82, 2.24) is 10.2 Å². The highest BCUT2D eigenvalue weighted by Gasteiger charge is 2.26. The van der Waals surface area contributed by atoms with E-state index in [1.54, 1.807) is 0 Å². The summed E-state index contributed by atoms with van der Waals surface area (Å²) in [5.74, 6) is 0. The molecule has 1 heterocycles. The zero-order valence-corrected chi connectivity index (χ0v) is 12.7. The van der Waals surface area contributed by atoms with Gasteiger partial charge in [-0.05, 0) is 55.9 Å². The minimum absolute atomic E-state index is 0.484. The van der Waals surface area contributed by atoms with Crippen molar-refractivity contribution in [3.8, 4) is 0 Å². The van der Waals surface area contributed by atoms with E-state index in [0.717, 1.165) is 19.5 Å². The number of benzene rings is 1. The Hall–Kier alpha value is -0.860. The first kappa shape index (κ1) is 14.5. The lowest BCUT2D eigenvalue weighted by Gasteiger charge is -2.38. The molecule has 0 aromatic heterocycles. The predicted molar refractivity (Wildman–Crippen MR) is 82.4 cm³/mol. The molecule has 2 heteroatoms. The second-order valence-corrected chi connectivity index (χ2v) is 6.60. The Morgan fingerprint density at radius 1 is 1.21 bits per heavy atom. The van der Waals surface area contributed by atoms with Gasteiger partial charge in [0.2, 0.25) is 0 Å². The van der Waals surface area contributed by atoms with Crippen LogP contribution in [0.5, 0.6) is 0 Å². The molecule has 1 aromatic rings. The SMILES string of the molecule is CNCCc1ccccc1CN1CCCC(C)(C)C1. The second kappa shape index (κ2) is 6.53. The van der Waals surface area contributed by atoms with Gasteiger partial charge in [-0.3, -0.25) is 4.90 Å². The van der Waals surface area contributed by atoms with Crippen LogP contribution in [0.4, 0.5) is 0 Å². The van der Waals surface area contributed by atoms with Crippen LogP contribution < -0.4 is 5.32 Å². The van der Waals surface area contributed by atoms with Gasteiger partial charge in [0.25, 0.3) is 0 Å². The van der Waals surface area contributed by atoms with E-state index in [4.69, 9.17) is 0 Å². The summed E-state index contributed by atoms with van der Waals surface area (Å²) in [5.41, 5.74) is 3.49. The van der Waals surface area contributed by atoms with E-state index in [2.05, 4.69) is 48.3 Å². The quantitative estimate of drug-likeness (QED) is 0.875. The standard InChI is InChI=1S/C17H28N2/c1-17(2)10-6-12-19(14-17)13-16-8-5-4-7-15(16)9-11-18-3/h4-5,7-8,18H,6,9-14H2,1-3H3. The lowest BCUT2D eigenvalue weighted by atomic mass is 9.84. The number of likely N-dealkylation sites (tertiary alicyclic amines) is 1. The molecule has 0 unspecified atom stereocenters. The van der Waals surface area contributed by atoms with Crippen molar-refractivity contribution in [3.63, 3.8) is 0 Å². The molecule has 0 bridgehead atoms. The van der Waals surface area contributed by atoms with Gasteiger partial charge in [0.1, 0.15) is 0 Å². The number of piperidine rings is 1. The fourth-order valence-corrected chi connectivity index (χ4v) is 3.14. The minimum Gasteiger partial charge on any atom is -0.319 e. The fraction of sp³-hybridized carbons (Fsp3) is 0.647. The van der Waals surface area contributed by atoms with Crippen molar-refractivity contribution in [1.29, 1.82) is 0 Å². The Kier molecular flexibility index (Phi) is 5.00. The average Bonchev–Trinajstić information content (AvgIpc) is 2.36. The summed E-state index contributed by atoms with van der Waals surface area (Å²) in [6, 6.07) is 8.91. The van der Waals surface area contributed by atoms with Crippen molar-refractivity contribution in [2.24, 2.45) is 5.41 Å². The molecule has 1 fully saturated rings. The van der Waals surface area contributed by atoms with Gasteiger partial charge in [0.15, 0.2) is 0 Å². The van der Waals surface area contributed by atoms with Gasteiger partial charge in [0.05, 0.1) is 0 Å². The van der Waals surface area contributed by atoms with Gasteiger partial charge in [0, 0.05) is 13.1 Å². The van der Waals surface area contributed by atoms with Gasteiger partial charge in [-0.25, -0.2) is 0 Å². The Labute approximate surface area is 118 Å². The van der Waals surface area contributed by atoms with Crippen LogP contribution in [0.3, 0.4) is 0 Å². The molecule has 106 valence electrons. The van der Waals surface area contributed by atoms with Gasteiger partial charge in [-0.2, -0.15) is 0 Å². The maximum atomic E-state index is 3.25. The summed E-state index contributed by atoms with van der Waals surface area (Å²) in [6.07, 6.45) is 3.83. The first-order valence-electron chi connectivity index (χ1n) is 7.54. The van der Waals surface area contributed by atoms with E-state index in [1.807, 2.05) is 7.05 Å². The normalized spacial score (nSPS) is 19.5. The zero-order chi connectivity index (χ0) is 13.7. The minimum atomic E-state index is 0.484. The van der Waals surface area contributed by atoms with Crippen molar-refractivity contribution in [2.45, 2.75) is 39.7 Å². The number of nitrogens with one attached hydrogen (secondary N) is 1. The van der Waals surface area contributed by atoms with E-state index in [1.165, 1.54) is 37.1 Å². The van der Waals surface area contributed by atoms with E-state index < -0.39 is 0 Å². The van der Waals surface area contributed by atoms with Gasteiger partial charge in [-0.1, -0.05) is 38.1 Å². The molecule has 0 aliphatic carbocycles. The van der Waals surface area contributed by atoms with Gasteiger partial charge in [-0.15, -0.1) is 0 Å². The molecule has 0 saturated carbocycles. The van der Waals surface area contributed by atoms with Gasteiger partial charge >= 0.3 is 0 Å². The van der Waals surface area contributed by atoms with E-state index in [9.17, 15) is 0 Å². The molecule has 1 N–H and O–H groups in total. The highest BCUT2D eigenvalue weighted by molar-refractivity contribution is 5.27. The highest BCUT2D eigenvalue weighted by atomic mass is 15.1. The molecule has 19 heavy (non-hydrogen) atoms. The number of likely N-dealkylation sites (N-methyl/N-ethyl adjacent to an activating group) is 1. The number of rotatable bonds is 5. The van der Waals surface area contributed by atoms with Crippen molar-refractivity contribution in [3.05, 3.63) is 35.4 Å². The van der Waals surface area contributed by atoms with E-state index in [-0.39, 0.29) is 0 Å². The van der Waals surface area contributed by atoms with Crippen LogP contribution in [0, 0.1) is 5.41 Å². The largest absolute Gasteiger partial charge is 0.319 e. The van der Waals surface area contributed by atoms with Crippen LogP contribution in [-0.4, -0.2) is 31.6 Å². The lowest BCUT2D eigenvalue weighted by molar-refractivity contribution is 0.111. The maximum Gasteiger partial charge on any atom is 0.0236 e. The number of hydrogen-bond acceptors (Lipinski definition) is 2. The number of hydrogen-bond donors (Lipinski definition) is 1. The molecule has 1 aromatic carbocycles. The average molecular weight is 260 g/mol. The molecule has 0 spiro atoms. The molecule has 2 nitrogen and oxygen atoms in total. The smallest absolute Gasteiger partial charge is 0.0236 e. The second-order valence-electron chi connectivity index (χ2n) is 6.60. The summed E-state index contributed by atoms with van der Waals surface area (Å²) >= 11 is 0. The molecule has 1 saturated heterocycles. The predicted octanol–water partition coefficient (Wildman–Crippen LogP) is 3.07. The van der Waals surface area contributed by atoms with Crippen LogP contribution >= 0.6 is 0 Å². The molecule has 0 atom stereocenters. The molecular weight excluding hydrogens is 232 g/mol. The summed E-state index contributed by atoms with van der Waals surface area (Å²) in [6.45, 7) is 9.45. The van der Waals surface area contributed by atoms with Crippen LogP contribution in [0.2, 0.25) is 0 Å².